The summed E-state index contributed by atoms with van der Waals surface area (Å²) in [5.41, 5.74) is 5.77. The Kier molecular flexibility index (Phi) is 9.04. The summed E-state index contributed by atoms with van der Waals surface area (Å²) in [5, 5.41) is 2.95. The number of aryl methyl sites for hydroxylation is 1. The fraction of sp³-hybridized carbons (Fsp3) is 0.667. The van der Waals surface area contributed by atoms with Crippen molar-refractivity contribution in [1.29, 1.82) is 0 Å². The van der Waals surface area contributed by atoms with E-state index in [1.807, 2.05) is 0 Å². The lowest BCUT2D eigenvalue weighted by Crippen LogP contribution is -2.48. The molecule has 1 aliphatic rings. The van der Waals surface area contributed by atoms with Gasteiger partial charge in [-0.05, 0) is 19.1 Å². The number of nitrogens with one attached hydrogen (secondary N) is 1. The van der Waals surface area contributed by atoms with Crippen molar-refractivity contribution < 1.29 is 14.3 Å². The number of morpholine rings is 1. The summed E-state index contributed by atoms with van der Waals surface area (Å²) in [4.78, 5) is 16.9. The monoisotopic (exact) mass is 363 g/mol. The van der Waals surface area contributed by atoms with Gasteiger partial charge < -0.3 is 20.5 Å². The van der Waals surface area contributed by atoms with Crippen molar-refractivity contribution in [3.63, 3.8) is 0 Å². The Morgan fingerprint density at radius 2 is 2.17 bits per heavy atom. The largest absolute Gasteiger partial charge is 0.383 e. The van der Waals surface area contributed by atoms with Crippen molar-refractivity contribution in [3.8, 4) is 0 Å². The molecule has 1 saturated heterocycles. The molecular formula is C15H26ClN3O3S. The minimum absolute atomic E-state index is 0. The number of carbonyl (C=O) groups excluding carboxylic acids is 1. The Morgan fingerprint density at radius 3 is 2.74 bits per heavy atom. The zero-order valence-corrected chi connectivity index (χ0v) is 15.3. The summed E-state index contributed by atoms with van der Waals surface area (Å²) < 4.78 is 10.3. The van der Waals surface area contributed by atoms with Gasteiger partial charge in [-0.1, -0.05) is 0 Å². The lowest BCUT2D eigenvalue weighted by Gasteiger charge is -2.34. The van der Waals surface area contributed by atoms with E-state index in [9.17, 15) is 4.79 Å². The van der Waals surface area contributed by atoms with Gasteiger partial charge in [-0.3, -0.25) is 9.69 Å². The lowest BCUT2D eigenvalue weighted by atomic mass is 10.1. The first-order valence-electron chi connectivity index (χ1n) is 7.52. The Labute approximate surface area is 147 Å². The number of hydrogen-bond donors (Lipinski definition) is 2. The Bertz CT molecular complexity index is 480. The van der Waals surface area contributed by atoms with Crippen LogP contribution < -0.4 is 11.1 Å². The van der Waals surface area contributed by atoms with Gasteiger partial charge in [0.2, 0.25) is 5.91 Å². The quantitative estimate of drug-likeness (QED) is 0.754. The fourth-order valence-electron chi connectivity index (χ4n) is 2.51. The molecule has 3 N–H and O–H groups in total. The van der Waals surface area contributed by atoms with Crippen LogP contribution in [0.1, 0.15) is 15.8 Å². The zero-order valence-electron chi connectivity index (χ0n) is 13.6. The third kappa shape index (κ3) is 6.02. The molecule has 132 valence electrons. The highest BCUT2D eigenvalue weighted by Gasteiger charge is 2.25. The van der Waals surface area contributed by atoms with Crippen LogP contribution in [0.4, 0.5) is 0 Å². The fourth-order valence-corrected chi connectivity index (χ4v) is 3.53. The molecule has 1 amide bonds. The van der Waals surface area contributed by atoms with Crippen molar-refractivity contribution >= 4 is 29.7 Å². The number of halogens is 1. The summed E-state index contributed by atoms with van der Waals surface area (Å²) >= 11 is 1.77. The topological polar surface area (TPSA) is 76.8 Å². The molecule has 0 saturated carbocycles. The van der Waals surface area contributed by atoms with Crippen LogP contribution in [0.2, 0.25) is 0 Å². The maximum Gasteiger partial charge on any atom is 0.239 e. The summed E-state index contributed by atoms with van der Waals surface area (Å²) in [5.74, 6) is -0.173. The van der Waals surface area contributed by atoms with Crippen LogP contribution in [0.25, 0.3) is 0 Å². The van der Waals surface area contributed by atoms with E-state index in [1.165, 1.54) is 16.9 Å². The molecule has 0 aromatic carbocycles. The maximum atomic E-state index is 12.0. The summed E-state index contributed by atoms with van der Waals surface area (Å²) in [7, 11) is 1.54. The van der Waals surface area contributed by atoms with Crippen LogP contribution in [0, 0.1) is 6.92 Å². The molecule has 1 aliphatic heterocycles. The molecule has 2 unspecified atom stereocenters. The van der Waals surface area contributed by atoms with Crippen LogP contribution >= 0.6 is 23.7 Å². The highest BCUT2D eigenvalue weighted by Crippen LogP contribution is 2.27. The predicted octanol–water partition coefficient (Wildman–Crippen LogP) is 0.942. The zero-order chi connectivity index (χ0) is 15.9. The number of amides is 1. The van der Waals surface area contributed by atoms with Crippen molar-refractivity contribution in [2.24, 2.45) is 5.73 Å². The number of nitrogens with zero attached hydrogens (tertiary/aromatic N) is 1. The average molecular weight is 364 g/mol. The van der Waals surface area contributed by atoms with Crippen molar-refractivity contribution in [1.82, 2.24) is 10.2 Å². The third-order valence-corrected chi connectivity index (χ3v) is 4.83. The first-order valence-corrected chi connectivity index (χ1v) is 8.34. The first kappa shape index (κ1) is 20.3. The number of methoxy groups -OCH3 is 1. The molecule has 0 bridgehead atoms. The number of nitrogens with two attached hydrogens (primary N) is 1. The number of thiophene rings is 1. The minimum Gasteiger partial charge on any atom is -0.383 e. The second-order valence-corrected chi connectivity index (χ2v) is 6.74. The molecule has 23 heavy (non-hydrogen) atoms. The summed E-state index contributed by atoms with van der Waals surface area (Å²) in [6.07, 6.45) is 0. The molecule has 2 rings (SSSR count). The highest BCUT2D eigenvalue weighted by molar-refractivity contribution is 7.12. The molecule has 2 heterocycles. The molecule has 1 aromatic heterocycles. The molecular weight excluding hydrogens is 338 g/mol. The Hall–Kier alpha value is -0.700. The number of rotatable bonds is 7. The van der Waals surface area contributed by atoms with Crippen molar-refractivity contribution in [3.05, 3.63) is 21.9 Å². The first-order chi connectivity index (χ1) is 10.6. The Balaban J connectivity index is 0.00000264. The van der Waals surface area contributed by atoms with E-state index in [4.69, 9.17) is 15.2 Å². The SMILES string of the molecule is COCC(N)C(=O)NCC(c1ccc(C)s1)N1CCOCC1.Cl. The summed E-state index contributed by atoms with van der Waals surface area (Å²) in [6, 6.07) is 3.80. The van der Waals surface area contributed by atoms with Crippen LogP contribution in [0.3, 0.4) is 0 Å². The maximum absolute atomic E-state index is 12.0. The van der Waals surface area contributed by atoms with Crippen molar-refractivity contribution in [2.45, 2.75) is 19.0 Å². The molecule has 1 aromatic rings. The van der Waals surface area contributed by atoms with Gasteiger partial charge in [0.1, 0.15) is 6.04 Å². The smallest absolute Gasteiger partial charge is 0.239 e. The van der Waals surface area contributed by atoms with Gasteiger partial charge in [0.05, 0.1) is 25.9 Å². The lowest BCUT2D eigenvalue weighted by molar-refractivity contribution is -0.123. The van der Waals surface area contributed by atoms with E-state index in [-0.39, 0.29) is 31.0 Å². The Morgan fingerprint density at radius 1 is 1.48 bits per heavy atom. The summed E-state index contributed by atoms with van der Waals surface area (Å²) in [6.45, 7) is 6.10. The third-order valence-electron chi connectivity index (χ3n) is 3.73. The van der Waals surface area contributed by atoms with Crippen LogP contribution in [-0.4, -0.2) is 63.4 Å². The number of ether oxygens (including phenoxy) is 2. The van der Waals surface area contributed by atoms with E-state index in [0.29, 0.717) is 6.54 Å². The molecule has 0 aliphatic carbocycles. The molecule has 0 spiro atoms. The van der Waals surface area contributed by atoms with E-state index in [0.717, 1.165) is 26.3 Å². The van der Waals surface area contributed by atoms with Crippen molar-refractivity contribution in [2.75, 3.05) is 46.6 Å². The van der Waals surface area contributed by atoms with Gasteiger partial charge in [0, 0.05) is 36.5 Å². The van der Waals surface area contributed by atoms with Crippen LogP contribution in [0.15, 0.2) is 12.1 Å². The molecule has 1 fully saturated rings. The predicted molar refractivity (Wildman–Crippen MR) is 94.3 cm³/mol. The van der Waals surface area contributed by atoms with Crippen LogP contribution in [0.5, 0.6) is 0 Å². The number of hydrogen-bond acceptors (Lipinski definition) is 6. The van der Waals surface area contributed by atoms with Gasteiger partial charge in [0.25, 0.3) is 0 Å². The van der Waals surface area contributed by atoms with E-state index in [2.05, 4.69) is 29.3 Å². The average Bonchev–Trinajstić information content (AvgIpc) is 2.95. The second kappa shape index (κ2) is 10.2. The van der Waals surface area contributed by atoms with Gasteiger partial charge in [-0.25, -0.2) is 0 Å². The molecule has 2 atom stereocenters. The van der Waals surface area contributed by atoms with E-state index < -0.39 is 6.04 Å². The van der Waals surface area contributed by atoms with E-state index >= 15 is 0 Å². The molecule has 8 heteroatoms. The van der Waals surface area contributed by atoms with E-state index in [1.54, 1.807) is 11.3 Å². The molecule has 6 nitrogen and oxygen atoms in total. The minimum atomic E-state index is -0.625. The van der Waals surface area contributed by atoms with Gasteiger partial charge in [-0.15, -0.1) is 23.7 Å². The highest BCUT2D eigenvalue weighted by atomic mass is 35.5. The number of carbonyl (C=O) groups is 1. The normalized spacial score (nSPS) is 18.0. The van der Waals surface area contributed by atoms with Crippen LogP contribution in [-0.2, 0) is 14.3 Å². The second-order valence-electron chi connectivity index (χ2n) is 5.42. The van der Waals surface area contributed by atoms with Gasteiger partial charge in [-0.2, -0.15) is 0 Å². The van der Waals surface area contributed by atoms with Gasteiger partial charge in [0.15, 0.2) is 0 Å². The standard InChI is InChI=1S/C15H25N3O3S.ClH/c1-11-3-4-14(22-11)13(18-5-7-21-8-6-18)9-17-15(19)12(16)10-20-2;/h3-4,12-13H,5-10,16H2,1-2H3,(H,17,19);1H. The molecule has 0 radical (unpaired) electrons. The van der Waals surface area contributed by atoms with Gasteiger partial charge >= 0.3 is 0 Å².